The highest BCUT2D eigenvalue weighted by molar-refractivity contribution is 5.00. The Hall–Kier alpha value is -0.380. The lowest BCUT2D eigenvalue weighted by molar-refractivity contribution is 0.136. The summed E-state index contributed by atoms with van der Waals surface area (Å²) in [5.74, 6) is 0. The van der Waals surface area contributed by atoms with E-state index in [-0.39, 0.29) is 0 Å². The second-order valence-corrected chi connectivity index (χ2v) is 4.09. The first-order valence-corrected chi connectivity index (χ1v) is 5.72. The van der Waals surface area contributed by atoms with Crippen molar-refractivity contribution in [2.45, 2.75) is 26.8 Å². The highest BCUT2D eigenvalue weighted by Gasteiger charge is 2.09. The average molecular weight is 214 g/mol. The van der Waals surface area contributed by atoms with Crippen molar-refractivity contribution in [2.75, 3.05) is 39.9 Å². The van der Waals surface area contributed by atoms with E-state index in [9.17, 15) is 0 Å². The molecule has 0 aliphatic carbocycles. The molecule has 0 fully saturated rings. The fourth-order valence-corrected chi connectivity index (χ4v) is 1.37. The van der Waals surface area contributed by atoms with Gasteiger partial charge >= 0.3 is 0 Å². The van der Waals surface area contributed by atoms with Gasteiger partial charge in [0.05, 0.1) is 6.61 Å². The van der Waals surface area contributed by atoms with E-state index < -0.39 is 0 Å². The van der Waals surface area contributed by atoms with E-state index in [0.717, 1.165) is 32.8 Å². The van der Waals surface area contributed by atoms with E-state index in [0.29, 0.717) is 6.04 Å². The molecule has 3 nitrogen and oxygen atoms in total. The summed E-state index contributed by atoms with van der Waals surface area (Å²) in [5, 5.41) is 3.29. The van der Waals surface area contributed by atoms with Crippen molar-refractivity contribution in [3.8, 4) is 0 Å². The summed E-state index contributed by atoms with van der Waals surface area (Å²) in [7, 11) is 1.74. The first-order valence-electron chi connectivity index (χ1n) is 5.72. The van der Waals surface area contributed by atoms with Crippen molar-refractivity contribution < 1.29 is 4.74 Å². The Morgan fingerprint density at radius 2 is 2.13 bits per heavy atom. The number of methoxy groups -OCH3 is 1. The maximum atomic E-state index is 5.10. The van der Waals surface area contributed by atoms with Crippen LogP contribution >= 0.6 is 0 Å². The number of likely N-dealkylation sites (N-methyl/N-ethyl adjacent to an activating group) is 1. The molecule has 0 spiro atoms. The zero-order valence-corrected chi connectivity index (χ0v) is 10.7. The molecule has 0 unspecified atom stereocenters. The van der Waals surface area contributed by atoms with Gasteiger partial charge in [-0.15, -0.1) is 0 Å². The first kappa shape index (κ1) is 14.6. The Morgan fingerprint density at radius 1 is 1.47 bits per heavy atom. The Balaban J connectivity index is 3.87. The first-order chi connectivity index (χ1) is 7.11. The predicted molar refractivity (Wildman–Crippen MR) is 66.3 cm³/mol. The van der Waals surface area contributed by atoms with E-state index in [4.69, 9.17) is 4.74 Å². The molecule has 0 bridgehead atoms. The molecule has 0 rings (SSSR count). The lowest BCUT2D eigenvalue weighted by atomic mass is 10.2. The molecule has 0 atom stereocenters. The van der Waals surface area contributed by atoms with Gasteiger partial charge in [-0.1, -0.05) is 13.5 Å². The smallest absolute Gasteiger partial charge is 0.0589 e. The number of hydrogen-bond acceptors (Lipinski definition) is 3. The molecule has 0 aliphatic rings. The van der Waals surface area contributed by atoms with E-state index in [1.807, 2.05) is 0 Å². The topological polar surface area (TPSA) is 24.5 Å². The molecule has 0 radical (unpaired) electrons. The minimum atomic E-state index is 0.540. The summed E-state index contributed by atoms with van der Waals surface area (Å²) in [6, 6.07) is 0.540. The zero-order chi connectivity index (χ0) is 11.7. The fraction of sp³-hybridized carbons (Fsp3) is 0.833. The highest BCUT2D eigenvalue weighted by Crippen LogP contribution is 2.02. The van der Waals surface area contributed by atoms with Crippen molar-refractivity contribution in [2.24, 2.45) is 0 Å². The van der Waals surface area contributed by atoms with E-state index in [1.165, 1.54) is 5.57 Å². The number of nitrogens with one attached hydrogen (secondary N) is 1. The summed E-state index contributed by atoms with van der Waals surface area (Å²) < 4.78 is 5.10. The molecular weight excluding hydrogens is 188 g/mol. The Kier molecular flexibility index (Phi) is 8.67. The lowest BCUT2D eigenvalue weighted by Gasteiger charge is -2.27. The van der Waals surface area contributed by atoms with Gasteiger partial charge in [-0.05, 0) is 26.0 Å². The molecule has 3 heteroatoms. The minimum Gasteiger partial charge on any atom is -0.383 e. The lowest BCUT2D eigenvalue weighted by Crippen LogP contribution is -2.36. The molecule has 0 saturated heterocycles. The van der Waals surface area contributed by atoms with Crippen LogP contribution in [0.25, 0.3) is 0 Å². The third-order valence-electron chi connectivity index (χ3n) is 2.36. The van der Waals surface area contributed by atoms with Crippen LogP contribution in [-0.2, 0) is 4.74 Å². The van der Waals surface area contributed by atoms with Gasteiger partial charge in [-0.25, -0.2) is 0 Å². The quantitative estimate of drug-likeness (QED) is 0.589. The third kappa shape index (κ3) is 7.54. The second kappa shape index (κ2) is 8.89. The van der Waals surface area contributed by atoms with Crippen LogP contribution in [0.2, 0.25) is 0 Å². The SMILES string of the molecule is C=C(CNCC)CN(CCOC)C(C)C. The monoisotopic (exact) mass is 214 g/mol. The van der Waals surface area contributed by atoms with Crippen molar-refractivity contribution in [1.82, 2.24) is 10.2 Å². The van der Waals surface area contributed by atoms with E-state index in [2.05, 4.69) is 37.6 Å². The molecule has 15 heavy (non-hydrogen) atoms. The van der Waals surface area contributed by atoms with Crippen LogP contribution in [0.4, 0.5) is 0 Å². The van der Waals surface area contributed by atoms with Crippen molar-refractivity contribution in [1.29, 1.82) is 0 Å². The molecule has 0 aromatic carbocycles. The highest BCUT2D eigenvalue weighted by atomic mass is 16.5. The summed E-state index contributed by atoms with van der Waals surface area (Å²) in [6.45, 7) is 15.2. The van der Waals surface area contributed by atoms with Crippen LogP contribution in [0.15, 0.2) is 12.2 Å². The second-order valence-electron chi connectivity index (χ2n) is 4.09. The van der Waals surface area contributed by atoms with Gasteiger partial charge in [0.15, 0.2) is 0 Å². The maximum Gasteiger partial charge on any atom is 0.0589 e. The van der Waals surface area contributed by atoms with Crippen LogP contribution in [0.5, 0.6) is 0 Å². The van der Waals surface area contributed by atoms with Crippen LogP contribution in [0.3, 0.4) is 0 Å². The number of hydrogen-bond donors (Lipinski definition) is 1. The molecule has 90 valence electrons. The molecule has 0 aliphatic heterocycles. The van der Waals surface area contributed by atoms with Crippen molar-refractivity contribution in [3.63, 3.8) is 0 Å². The normalized spacial score (nSPS) is 11.3. The molecule has 0 heterocycles. The average Bonchev–Trinajstić information content (AvgIpc) is 2.20. The number of rotatable bonds is 9. The summed E-state index contributed by atoms with van der Waals surface area (Å²) in [5.41, 5.74) is 1.24. The molecule has 0 saturated carbocycles. The summed E-state index contributed by atoms with van der Waals surface area (Å²) >= 11 is 0. The minimum absolute atomic E-state index is 0.540. The van der Waals surface area contributed by atoms with E-state index >= 15 is 0 Å². The van der Waals surface area contributed by atoms with Crippen molar-refractivity contribution in [3.05, 3.63) is 12.2 Å². The van der Waals surface area contributed by atoms with Gasteiger partial charge in [0.1, 0.15) is 0 Å². The van der Waals surface area contributed by atoms with Gasteiger partial charge in [0, 0.05) is 32.8 Å². The predicted octanol–water partition coefficient (Wildman–Crippen LogP) is 1.51. The number of nitrogens with zero attached hydrogens (tertiary/aromatic N) is 1. The van der Waals surface area contributed by atoms with Crippen LogP contribution in [0.1, 0.15) is 20.8 Å². The Morgan fingerprint density at radius 3 is 2.60 bits per heavy atom. The Bertz CT molecular complexity index is 169. The summed E-state index contributed by atoms with van der Waals surface area (Å²) in [4.78, 5) is 2.38. The molecule has 0 aromatic heterocycles. The van der Waals surface area contributed by atoms with Crippen LogP contribution < -0.4 is 5.32 Å². The van der Waals surface area contributed by atoms with Gasteiger partial charge in [-0.3, -0.25) is 4.90 Å². The van der Waals surface area contributed by atoms with Gasteiger partial charge < -0.3 is 10.1 Å². The summed E-state index contributed by atoms with van der Waals surface area (Å²) in [6.07, 6.45) is 0. The fourth-order valence-electron chi connectivity index (χ4n) is 1.37. The van der Waals surface area contributed by atoms with Crippen LogP contribution in [0, 0.1) is 0 Å². The Labute approximate surface area is 94.5 Å². The van der Waals surface area contributed by atoms with Gasteiger partial charge in [0.25, 0.3) is 0 Å². The van der Waals surface area contributed by atoms with Crippen molar-refractivity contribution >= 4 is 0 Å². The van der Waals surface area contributed by atoms with Crippen LogP contribution in [-0.4, -0.2) is 50.8 Å². The zero-order valence-electron chi connectivity index (χ0n) is 10.7. The molecule has 0 aromatic rings. The van der Waals surface area contributed by atoms with Gasteiger partial charge in [-0.2, -0.15) is 0 Å². The largest absolute Gasteiger partial charge is 0.383 e. The maximum absolute atomic E-state index is 5.10. The number of ether oxygens (including phenoxy) is 1. The molecule has 1 N–H and O–H groups in total. The molecule has 0 amide bonds. The third-order valence-corrected chi connectivity index (χ3v) is 2.36. The molecular formula is C12H26N2O. The van der Waals surface area contributed by atoms with E-state index in [1.54, 1.807) is 7.11 Å². The standard InChI is InChI=1S/C12H26N2O/c1-6-13-9-12(4)10-14(11(2)3)7-8-15-5/h11,13H,4,6-10H2,1-3,5H3. The van der Waals surface area contributed by atoms with Gasteiger partial charge in [0.2, 0.25) is 0 Å².